The van der Waals surface area contributed by atoms with Crippen molar-refractivity contribution in [2.45, 2.75) is 11.3 Å². The Kier molecular flexibility index (Phi) is 4.77. The molecule has 1 aromatic heterocycles. The van der Waals surface area contributed by atoms with Crippen molar-refractivity contribution in [3.05, 3.63) is 48.3 Å². The van der Waals surface area contributed by atoms with E-state index in [1.54, 1.807) is 18.3 Å². The van der Waals surface area contributed by atoms with Crippen LogP contribution in [0.3, 0.4) is 0 Å². The molecule has 0 saturated heterocycles. The summed E-state index contributed by atoms with van der Waals surface area (Å²) in [6, 6.07) is 10.6. The number of pyridine rings is 1. The molecule has 0 radical (unpaired) electrons. The first-order chi connectivity index (χ1) is 10.0. The topological polar surface area (TPSA) is 97.1 Å². The van der Waals surface area contributed by atoms with Crippen molar-refractivity contribution in [1.82, 2.24) is 9.71 Å². The van der Waals surface area contributed by atoms with Crippen molar-refractivity contribution in [1.29, 1.82) is 0 Å². The maximum Gasteiger partial charge on any atom is 0.242 e. The van der Waals surface area contributed by atoms with E-state index in [0.29, 0.717) is 6.54 Å². The summed E-state index contributed by atoms with van der Waals surface area (Å²) in [5.74, 6) is 0. The lowest BCUT2D eigenvalue weighted by Gasteiger charge is -2.10. The van der Waals surface area contributed by atoms with E-state index in [1.165, 1.54) is 13.1 Å². The van der Waals surface area contributed by atoms with Crippen LogP contribution in [0.2, 0.25) is 0 Å². The van der Waals surface area contributed by atoms with Gasteiger partial charge in [0.25, 0.3) is 0 Å². The fraction of sp³-hybridized carbons (Fsp3) is 0.214. The Labute approximate surface area is 124 Å². The van der Waals surface area contributed by atoms with Crippen LogP contribution < -0.4 is 15.8 Å². The average molecular weight is 306 g/mol. The molecule has 2 rings (SSSR count). The van der Waals surface area contributed by atoms with Crippen LogP contribution in [-0.2, 0) is 16.4 Å². The Bertz CT molecular complexity index is 702. The number of hydrogen-bond acceptors (Lipinski definition) is 5. The number of nitrogens with two attached hydrogens (primary N) is 1. The summed E-state index contributed by atoms with van der Waals surface area (Å²) in [5.41, 5.74) is 7.78. The Morgan fingerprint density at radius 1 is 1.24 bits per heavy atom. The van der Waals surface area contributed by atoms with Crippen LogP contribution in [0.4, 0.5) is 11.4 Å². The second-order valence-corrected chi connectivity index (χ2v) is 6.31. The van der Waals surface area contributed by atoms with Crippen molar-refractivity contribution in [3.63, 3.8) is 0 Å². The van der Waals surface area contributed by atoms with Gasteiger partial charge in [-0.25, -0.2) is 13.1 Å². The highest BCUT2D eigenvalue weighted by molar-refractivity contribution is 7.89. The van der Waals surface area contributed by atoms with Gasteiger partial charge in [-0.15, -0.1) is 0 Å². The molecule has 0 bridgehead atoms. The average Bonchev–Trinajstić information content (AvgIpc) is 2.48. The number of aromatic nitrogens is 1. The Morgan fingerprint density at radius 3 is 2.67 bits per heavy atom. The number of sulfonamides is 1. The smallest absolute Gasteiger partial charge is 0.242 e. The first-order valence-corrected chi connectivity index (χ1v) is 7.98. The molecular weight excluding hydrogens is 288 g/mol. The lowest BCUT2D eigenvalue weighted by atomic mass is 10.2. The number of nitrogen functional groups attached to an aromatic ring is 1. The van der Waals surface area contributed by atoms with Gasteiger partial charge in [-0.05, 0) is 37.4 Å². The number of anilines is 2. The van der Waals surface area contributed by atoms with Gasteiger partial charge in [-0.1, -0.05) is 6.07 Å². The maximum absolute atomic E-state index is 11.7. The van der Waals surface area contributed by atoms with Crippen LogP contribution in [0.1, 0.15) is 5.69 Å². The largest absolute Gasteiger partial charge is 0.398 e. The molecule has 0 amide bonds. The van der Waals surface area contributed by atoms with Crippen LogP contribution in [0.15, 0.2) is 47.5 Å². The lowest BCUT2D eigenvalue weighted by molar-refractivity contribution is 0.588. The number of nitrogens with zero attached hydrogens (tertiary/aromatic N) is 1. The molecule has 0 aliphatic carbocycles. The van der Waals surface area contributed by atoms with Crippen molar-refractivity contribution in [3.8, 4) is 0 Å². The zero-order valence-electron chi connectivity index (χ0n) is 11.7. The van der Waals surface area contributed by atoms with Gasteiger partial charge in [0.1, 0.15) is 4.90 Å². The summed E-state index contributed by atoms with van der Waals surface area (Å²) in [6.07, 6.45) is 2.53. The minimum absolute atomic E-state index is 0.0836. The van der Waals surface area contributed by atoms with E-state index in [0.717, 1.165) is 17.8 Å². The molecule has 1 aromatic carbocycles. The molecule has 2 aromatic rings. The van der Waals surface area contributed by atoms with Gasteiger partial charge < -0.3 is 11.1 Å². The van der Waals surface area contributed by atoms with Crippen LogP contribution in [0, 0.1) is 0 Å². The Hall–Kier alpha value is -2.12. The normalized spacial score (nSPS) is 11.3. The quantitative estimate of drug-likeness (QED) is 0.697. The van der Waals surface area contributed by atoms with Crippen molar-refractivity contribution < 1.29 is 8.42 Å². The third-order valence-electron chi connectivity index (χ3n) is 3.00. The molecule has 6 nitrogen and oxygen atoms in total. The summed E-state index contributed by atoms with van der Waals surface area (Å²) in [6.45, 7) is 0.689. The number of rotatable bonds is 6. The van der Waals surface area contributed by atoms with Crippen molar-refractivity contribution in [2.24, 2.45) is 0 Å². The van der Waals surface area contributed by atoms with Gasteiger partial charge in [0.05, 0.1) is 5.69 Å². The molecule has 21 heavy (non-hydrogen) atoms. The molecule has 0 atom stereocenters. The lowest BCUT2D eigenvalue weighted by Crippen LogP contribution is -2.20. The van der Waals surface area contributed by atoms with E-state index in [2.05, 4.69) is 15.0 Å². The minimum Gasteiger partial charge on any atom is -0.398 e. The fourth-order valence-corrected chi connectivity index (χ4v) is 2.73. The molecule has 0 unspecified atom stereocenters. The summed E-state index contributed by atoms with van der Waals surface area (Å²) in [4.78, 5) is 4.32. The molecule has 7 heteroatoms. The zero-order valence-corrected chi connectivity index (χ0v) is 12.5. The number of nitrogens with one attached hydrogen (secondary N) is 2. The molecule has 1 heterocycles. The van der Waals surface area contributed by atoms with Gasteiger partial charge in [-0.3, -0.25) is 4.98 Å². The summed E-state index contributed by atoms with van der Waals surface area (Å²) in [7, 11) is -2.17. The van der Waals surface area contributed by atoms with Crippen LogP contribution in [0.5, 0.6) is 0 Å². The minimum atomic E-state index is -3.52. The second kappa shape index (κ2) is 6.55. The van der Waals surface area contributed by atoms with E-state index < -0.39 is 10.0 Å². The molecule has 4 N–H and O–H groups in total. The first-order valence-electron chi connectivity index (χ1n) is 6.50. The van der Waals surface area contributed by atoms with Gasteiger partial charge in [-0.2, -0.15) is 0 Å². The Balaban J connectivity index is 2.01. The third kappa shape index (κ3) is 3.93. The van der Waals surface area contributed by atoms with E-state index in [1.807, 2.05) is 18.2 Å². The highest BCUT2D eigenvalue weighted by Crippen LogP contribution is 2.22. The van der Waals surface area contributed by atoms with E-state index >= 15 is 0 Å². The highest BCUT2D eigenvalue weighted by atomic mass is 32.2. The second-order valence-electron chi connectivity index (χ2n) is 4.46. The van der Waals surface area contributed by atoms with Gasteiger partial charge >= 0.3 is 0 Å². The summed E-state index contributed by atoms with van der Waals surface area (Å²) < 4.78 is 25.7. The summed E-state index contributed by atoms with van der Waals surface area (Å²) in [5, 5.41) is 3.20. The van der Waals surface area contributed by atoms with E-state index in [4.69, 9.17) is 5.73 Å². The maximum atomic E-state index is 11.7. The highest BCUT2D eigenvalue weighted by Gasteiger charge is 2.15. The van der Waals surface area contributed by atoms with Crippen LogP contribution in [-0.4, -0.2) is 27.0 Å². The molecule has 0 fully saturated rings. The Morgan fingerprint density at radius 2 is 2.05 bits per heavy atom. The molecule has 112 valence electrons. The SMILES string of the molecule is CNS(=O)(=O)c1ccc(NCCc2ccccn2)cc1N. The number of hydrogen-bond donors (Lipinski definition) is 3. The zero-order chi connectivity index (χ0) is 15.3. The molecular formula is C14H18N4O2S. The molecule has 0 spiro atoms. The van der Waals surface area contributed by atoms with E-state index in [9.17, 15) is 8.42 Å². The van der Waals surface area contributed by atoms with Crippen LogP contribution in [0.25, 0.3) is 0 Å². The predicted molar refractivity (Wildman–Crippen MR) is 83.5 cm³/mol. The fourth-order valence-electron chi connectivity index (χ4n) is 1.89. The molecule has 0 aliphatic rings. The van der Waals surface area contributed by atoms with E-state index in [-0.39, 0.29) is 10.6 Å². The van der Waals surface area contributed by atoms with Gasteiger partial charge in [0.2, 0.25) is 10.0 Å². The van der Waals surface area contributed by atoms with Crippen LogP contribution >= 0.6 is 0 Å². The number of benzene rings is 1. The standard InChI is InChI=1S/C14H18N4O2S/c1-16-21(19,20)14-6-5-12(10-13(14)15)18-9-7-11-4-2-3-8-17-11/h2-6,8,10,16,18H,7,9,15H2,1H3. The van der Waals surface area contributed by atoms with Crippen molar-refractivity contribution >= 4 is 21.4 Å². The molecule has 0 saturated carbocycles. The predicted octanol–water partition coefficient (Wildman–Crippen LogP) is 1.23. The first kappa shape index (κ1) is 15.3. The summed E-state index contributed by atoms with van der Waals surface area (Å²) >= 11 is 0. The van der Waals surface area contributed by atoms with Gasteiger partial charge in [0.15, 0.2) is 0 Å². The van der Waals surface area contributed by atoms with Gasteiger partial charge in [0, 0.05) is 30.5 Å². The van der Waals surface area contributed by atoms with Crippen molar-refractivity contribution in [2.75, 3.05) is 24.6 Å². The molecule has 0 aliphatic heterocycles. The monoisotopic (exact) mass is 306 g/mol. The third-order valence-corrected chi connectivity index (χ3v) is 4.49.